The Morgan fingerprint density at radius 3 is 2.81 bits per heavy atom. The summed E-state index contributed by atoms with van der Waals surface area (Å²) in [5.74, 6) is 0.182. The highest BCUT2D eigenvalue weighted by Gasteiger charge is 2.38. The first-order valence-corrected chi connectivity index (χ1v) is 8.53. The molecule has 3 aliphatic heterocycles. The van der Waals surface area contributed by atoms with Crippen LogP contribution in [0.25, 0.3) is 0 Å². The summed E-state index contributed by atoms with van der Waals surface area (Å²) in [6.07, 6.45) is 6.86. The number of amides is 2. The molecule has 3 rings (SSSR count). The minimum Gasteiger partial charge on any atom is -0.344 e. The highest BCUT2D eigenvalue weighted by atomic mass is 16.2. The molecule has 3 atom stereocenters. The van der Waals surface area contributed by atoms with Gasteiger partial charge in [0.05, 0.1) is 0 Å². The molecule has 0 saturated carbocycles. The lowest BCUT2D eigenvalue weighted by Crippen LogP contribution is -2.53. The van der Waals surface area contributed by atoms with Crippen molar-refractivity contribution in [1.29, 1.82) is 0 Å². The van der Waals surface area contributed by atoms with Gasteiger partial charge in [-0.25, -0.2) is 0 Å². The summed E-state index contributed by atoms with van der Waals surface area (Å²) in [6.45, 7) is 5.00. The number of carbonyl (C=O) groups excluding carboxylic acids is 2. The summed E-state index contributed by atoms with van der Waals surface area (Å²) in [7, 11) is 0. The molecule has 2 amide bonds. The molecule has 3 saturated heterocycles. The van der Waals surface area contributed by atoms with Crippen LogP contribution in [0.3, 0.4) is 0 Å². The molecule has 3 fully saturated rings. The Balaban J connectivity index is 1.70. The van der Waals surface area contributed by atoms with Crippen LogP contribution < -0.4 is 5.32 Å². The fraction of sp³-hybridized carbons (Fsp3) is 0.875. The van der Waals surface area contributed by atoms with Crippen LogP contribution in [0.2, 0.25) is 0 Å². The Kier molecular flexibility index (Phi) is 4.48. The van der Waals surface area contributed by atoms with Gasteiger partial charge in [-0.3, -0.25) is 9.59 Å². The number of nitrogens with zero attached hydrogens (tertiary/aromatic N) is 2. The van der Waals surface area contributed by atoms with Gasteiger partial charge in [0, 0.05) is 31.6 Å². The molecular formula is C16H27N3O2. The molecule has 0 aromatic rings. The molecule has 5 heteroatoms. The van der Waals surface area contributed by atoms with E-state index in [1.165, 1.54) is 19.4 Å². The molecule has 0 bridgehead atoms. The van der Waals surface area contributed by atoms with Gasteiger partial charge >= 0.3 is 0 Å². The summed E-state index contributed by atoms with van der Waals surface area (Å²) < 4.78 is 0. The van der Waals surface area contributed by atoms with Crippen molar-refractivity contribution in [3.8, 4) is 0 Å². The number of hydrogen-bond acceptors (Lipinski definition) is 3. The molecular weight excluding hydrogens is 266 g/mol. The summed E-state index contributed by atoms with van der Waals surface area (Å²) >= 11 is 0. The molecule has 21 heavy (non-hydrogen) atoms. The number of piperidine rings is 1. The van der Waals surface area contributed by atoms with Gasteiger partial charge in [0.2, 0.25) is 11.8 Å². The van der Waals surface area contributed by atoms with Crippen molar-refractivity contribution in [3.05, 3.63) is 0 Å². The van der Waals surface area contributed by atoms with Gasteiger partial charge in [0.1, 0.15) is 6.04 Å². The predicted octanol–water partition coefficient (Wildman–Crippen LogP) is 1.13. The zero-order valence-corrected chi connectivity index (χ0v) is 13.0. The van der Waals surface area contributed by atoms with E-state index in [9.17, 15) is 9.59 Å². The maximum Gasteiger partial charge on any atom is 0.245 e. The van der Waals surface area contributed by atoms with E-state index in [1.54, 1.807) is 0 Å². The topological polar surface area (TPSA) is 52.7 Å². The van der Waals surface area contributed by atoms with E-state index < -0.39 is 0 Å². The van der Waals surface area contributed by atoms with Crippen LogP contribution in [0.4, 0.5) is 0 Å². The van der Waals surface area contributed by atoms with Crippen molar-refractivity contribution in [2.45, 2.75) is 70.0 Å². The standard InChI is InChI=1S/C16H27N3O2/c1-2-4-14-16(21)19(10-7-15(20)17-14)13-6-9-18-8-3-5-12(18)11-13/h12-14H,2-11H2,1H3,(H,17,20). The Labute approximate surface area is 127 Å². The summed E-state index contributed by atoms with van der Waals surface area (Å²) in [6, 6.07) is 0.698. The highest BCUT2D eigenvalue weighted by Crippen LogP contribution is 2.30. The lowest BCUT2D eigenvalue weighted by molar-refractivity contribution is -0.137. The first kappa shape index (κ1) is 14.8. The van der Waals surface area contributed by atoms with Crippen LogP contribution in [-0.4, -0.2) is 59.4 Å². The van der Waals surface area contributed by atoms with E-state index in [2.05, 4.69) is 17.1 Å². The summed E-state index contributed by atoms with van der Waals surface area (Å²) in [5.41, 5.74) is 0. The molecule has 118 valence electrons. The minimum atomic E-state index is -0.299. The average Bonchev–Trinajstić information content (AvgIpc) is 2.89. The number of nitrogens with one attached hydrogen (secondary N) is 1. The molecule has 3 aliphatic rings. The van der Waals surface area contributed by atoms with E-state index >= 15 is 0 Å². The summed E-state index contributed by atoms with van der Waals surface area (Å²) in [4.78, 5) is 29.2. The maximum absolute atomic E-state index is 12.8. The molecule has 1 N–H and O–H groups in total. The first-order chi connectivity index (χ1) is 10.2. The molecule has 3 unspecified atom stereocenters. The van der Waals surface area contributed by atoms with Gasteiger partial charge in [-0.05, 0) is 38.6 Å². The highest BCUT2D eigenvalue weighted by molar-refractivity contribution is 5.90. The normalized spacial score (nSPS) is 34.5. The number of hydrogen-bond donors (Lipinski definition) is 1. The SMILES string of the molecule is CCCC1NC(=O)CCN(C2CCN3CCCC3C2)C1=O. The fourth-order valence-electron chi connectivity index (χ4n) is 4.19. The fourth-order valence-corrected chi connectivity index (χ4v) is 4.19. The molecule has 0 aliphatic carbocycles. The Morgan fingerprint density at radius 1 is 1.14 bits per heavy atom. The second-order valence-corrected chi connectivity index (χ2v) is 6.70. The number of carbonyl (C=O) groups is 2. The number of rotatable bonds is 3. The predicted molar refractivity (Wildman–Crippen MR) is 80.8 cm³/mol. The van der Waals surface area contributed by atoms with Gasteiger partial charge in [-0.1, -0.05) is 13.3 Å². The minimum absolute atomic E-state index is 0.0302. The zero-order chi connectivity index (χ0) is 14.8. The van der Waals surface area contributed by atoms with Gasteiger partial charge in [0.25, 0.3) is 0 Å². The van der Waals surface area contributed by atoms with Gasteiger partial charge in [0.15, 0.2) is 0 Å². The second-order valence-electron chi connectivity index (χ2n) is 6.70. The zero-order valence-electron chi connectivity index (χ0n) is 13.0. The van der Waals surface area contributed by atoms with E-state index in [0.29, 0.717) is 25.0 Å². The quantitative estimate of drug-likeness (QED) is 0.849. The van der Waals surface area contributed by atoms with Crippen molar-refractivity contribution in [2.75, 3.05) is 19.6 Å². The third-order valence-corrected chi connectivity index (χ3v) is 5.31. The molecule has 3 heterocycles. The van der Waals surface area contributed by atoms with E-state index in [-0.39, 0.29) is 17.9 Å². The smallest absolute Gasteiger partial charge is 0.245 e. The third kappa shape index (κ3) is 3.07. The Hall–Kier alpha value is -1.10. The van der Waals surface area contributed by atoms with Crippen LogP contribution in [0.5, 0.6) is 0 Å². The van der Waals surface area contributed by atoms with Crippen LogP contribution >= 0.6 is 0 Å². The van der Waals surface area contributed by atoms with Crippen molar-refractivity contribution >= 4 is 11.8 Å². The monoisotopic (exact) mass is 293 g/mol. The molecule has 0 aromatic carbocycles. The lowest BCUT2D eigenvalue weighted by Gasteiger charge is -2.41. The van der Waals surface area contributed by atoms with Crippen molar-refractivity contribution in [2.24, 2.45) is 0 Å². The maximum atomic E-state index is 12.8. The van der Waals surface area contributed by atoms with Crippen molar-refractivity contribution in [3.63, 3.8) is 0 Å². The summed E-state index contributed by atoms with van der Waals surface area (Å²) in [5, 5.41) is 2.90. The van der Waals surface area contributed by atoms with Crippen molar-refractivity contribution < 1.29 is 9.59 Å². The largest absolute Gasteiger partial charge is 0.344 e. The van der Waals surface area contributed by atoms with Crippen LogP contribution in [-0.2, 0) is 9.59 Å². The van der Waals surface area contributed by atoms with Gasteiger partial charge < -0.3 is 15.1 Å². The Morgan fingerprint density at radius 2 is 2.00 bits per heavy atom. The third-order valence-electron chi connectivity index (χ3n) is 5.31. The van der Waals surface area contributed by atoms with Crippen LogP contribution in [0.15, 0.2) is 0 Å². The van der Waals surface area contributed by atoms with Gasteiger partial charge in [-0.2, -0.15) is 0 Å². The first-order valence-electron chi connectivity index (χ1n) is 8.53. The van der Waals surface area contributed by atoms with E-state index in [0.717, 1.165) is 32.2 Å². The molecule has 0 spiro atoms. The Bertz CT molecular complexity index is 412. The molecule has 0 radical (unpaired) electrons. The van der Waals surface area contributed by atoms with Crippen LogP contribution in [0, 0.1) is 0 Å². The average molecular weight is 293 g/mol. The van der Waals surface area contributed by atoms with E-state index in [4.69, 9.17) is 0 Å². The van der Waals surface area contributed by atoms with Crippen molar-refractivity contribution in [1.82, 2.24) is 15.1 Å². The van der Waals surface area contributed by atoms with Crippen LogP contribution in [0.1, 0.15) is 51.9 Å². The second kappa shape index (κ2) is 6.34. The lowest BCUT2D eigenvalue weighted by atomic mass is 9.95. The number of fused-ring (bicyclic) bond motifs is 1. The van der Waals surface area contributed by atoms with Gasteiger partial charge in [-0.15, -0.1) is 0 Å². The molecule has 0 aromatic heterocycles. The van der Waals surface area contributed by atoms with E-state index in [1.807, 2.05) is 4.90 Å². The molecule has 5 nitrogen and oxygen atoms in total.